The Morgan fingerprint density at radius 3 is 2.46 bits per heavy atom. The van der Waals surface area contributed by atoms with Crippen molar-refractivity contribution in [2.24, 2.45) is 0 Å². The minimum Gasteiger partial charge on any atom is -0.215 e. The van der Waals surface area contributed by atoms with Crippen LogP contribution in [0, 0.1) is 0 Å². The Labute approximate surface area is 85.9 Å². The van der Waals surface area contributed by atoms with E-state index in [-0.39, 0.29) is 11.1 Å². The first-order chi connectivity index (χ1) is 6.02. The van der Waals surface area contributed by atoms with Crippen molar-refractivity contribution in [2.75, 3.05) is 12.3 Å². The normalized spacial score (nSPS) is 14.4. The monoisotopic (exact) mass is 227 g/mol. The van der Waals surface area contributed by atoms with Gasteiger partial charge in [0.2, 0.25) is 10.0 Å². The van der Waals surface area contributed by atoms with Crippen molar-refractivity contribution >= 4 is 21.6 Å². The fourth-order valence-electron chi connectivity index (χ4n) is 0.916. The van der Waals surface area contributed by atoms with Gasteiger partial charge >= 0.3 is 0 Å². The smallest absolute Gasteiger partial charge is 0.211 e. The summed E-state index contributed by atoms with van der Waals surface area (Å²) in [6.07, 6.45) is 2.21. The molecule has 0 aliphatic carbocycles. The molecule has 0 saturated carbocycles. The fraction of sp³-hybridized carbons (Fsp3) is 1.00. The summed E-state index contributed by atoms with van der Waals surface area (Å²) in [6, 6.07) is 0. The standard InChI is InChI=1S/C8H18ClNO2S/c1-3-7-13(11,12)10-6-5-8(9)4-2/h8,10H,3-7H2,1-2H3. The van der Waals surface area contributed by atoms with Crippen molar-refractivity contribution in [3.63, 3.8) is 0 Å². The highest BCUT2D eigenvalue weighted by Crippen LogP contribution is 2.05. The summed E-state index contributed by atoms with van der Waals surface area (Å²) in [5, 5.41) is 0.0735. The number of hydrogen-bond donors (Lipinski definition) is 1. The SMILES string of the molecule is CCCS(=O)(=O)NCCC(Cl)CC. The van der Waals surface area contributed by atoms with E-state index in [1.54, 1.807) is 0 Å². The van der Waals surface area contributed by atoms with Gasteiger partial charge in [0, 0.05) is 11.9 Å². The van der Waals surface area contributed by atoms with E-state index in [4.69, 9.17) is 11.6 Å². The maximum atomic E-state index is 11.1. The molecule has 0 amide bonds. The predicted molar refractivity (Wildman–Crippen MR) is 56.6 cm³/mol. The first-order valence-electron chi connectivity index (χ1n) is 4.63. The van der Waals surface area contributed by atoms with E-state index < -0.39 is 10.0 Å². The molecular weight excluding hydrogens is 210 g/mol. The summed E-state index contributed by atoms with van der Waals surface area (Å²) in [4.78, 5) is 0. The Kier molecular flexibility index (Phi) is 6.73. The fourth-order valence-corrected chi connectivity index (χ4v) is 2.14. The lowest BCUT2D eigenvalue weighted by molar-refractivity contribution is 0.575. The Morgan fingerprint density at radius 2 is 2.00 bits per heavy atom. The van der Waals surface area contributed by atoms with Crippen molar-refractivity contribution in [3.8, 4) is 0 Å². The highest BCUT2D eigenvalue weighted by molar-refractivity contribution is 7.89. The molecule has 0 spiro atoms. The third-order valence-electron chi connectivity index (χ3n) is 1.70. The van der Waals surface area contributed by atoms with Gasteiger partial charge in [-0.25, -0.2) is 13.1 Å². The number of rotatable bonds is 7. The Balaban J connectivity index is 3.64. The number of sulfonamides is 1. The summed E-state index contributed by atoms with van der Waals surface area (Å²) in [6.45, 7) is 4.28. The lowest BCUT2D eigenvalue weighted by Gasteiger charge is -2.07. The second kappa shape index (κ2) is 6.62. The van der Waals surface area contributed by atoms with Crippen molar-refractivity contribution < 1.29 is 8.42 Å². The van der Waals surface area contributed by atoms with E-state index in [0.717, 1.165) is 6.42 Å². The van der Waals surface area contributed by atoms with Gasteiger partial charge < -0.3 is 0 Å². The summed E-state index contributed by atoms with van der Waals surface area (Å²) in [7, 11) is -3.04. The van der Waals surface area contributed by atoms with E-state index in [1.165, 1.54) is 0 Å². The van der Waals surface area contributed by atoms with Crippen LogP contribution in [-0.2, 0) is 10.0 Å². The van der Waals surface area contributed by atoms with Gasteiger partial charge in [0.25, 0.3) is 0 Å². The molecule has 0 fully saturated rings. The molecule has 0 aromatic heterocycles. The van der Waals surface area contributed by atoms with Crippen molar-refractivity contribution in [1.29, 1.82) is 0 Å². The topological polar surface area (TPSA) is 46.2 Å². The third-order valence-corrected chi connectivity index (χ3v) is 3.81. The molecule has 80 valence electrons. The van der Waals surface area contributed by atoms with Crippen LogP contribution in [0.1, 0.15) is 33.1 Å². The van der Waals surface area contributed by atoms with E-state index in [0.29, 0.717) is 19.4 Å². The first kappa shape index (κ1) is 13.2. The van der Waals surface area contributed by atoms with Crippen molar-refractivity contribution in [2.45, 2.75) is 38.5 Å². The summed E-state index contributed by atoms with van der Waals surface area (Å²) in [5.41, 5.74) is 0. The average Bonchev–Trinajstić information content (AvgIpc) is 2.03. The first-order valence-corrected chi connectivity index (χ1v) is 6.72. The molecule has 1 N–H and O–H groups in total. The maximum absolute atomic E-state index is 11.1. The molecule has 0 aromatic rings. The van der Waals surface area contributed by atoms with E-state index in [2.05, 4.69) is 4.72 Å². The van der Waals surface area contributed by atoms with Gasteiger partial charge in [-0.05, 0) is 19.3 Å². The number of hydrogen-bond acceptors (Lipinski definition) is 2. The van der Waals surface area contributed by atoms with Gasteiger partial charge in [0.1, 0.15) is 0 Å². The molecule has 5 heteroatoms. The number of halogens is 1. The molecular formula is C8H18ClNO2S. The molecule has 0 rings (SSSR count). The zero-order valence-corrected chi connectivity index (χ0v) is 9.79. The van der Waals surface area contributed by atoms with Gasteiger partial charge in [-0.1, -0.05) is 13.8 Å². The maximum Gasteiger partial charge on any atom is 0.211 e. The highest BCUT2D eigenvalue weighted by atomic mass is 35.5. The van der Waals surface area contributed by atoms with Gasteiger partial charge in [-0.15, -0.1) is 11.6 Å². The van der Waals surface area contributed by atoms with E-state index >= 15 is 0 Å². The largest absolute Gasteiger partial charge is 0.215 e. The zero-order chi connectivity index (χ0) is 10.3. The van der Waals surface area contributed by atoms with E-state index in [9.17, 15) is 8.42 Å². The second-order valence-corrected chi connectivity index (χ2v) is 5.55. The predicted octanol–water partition coefficient (Wildman–Crippen LogP) is 1.72. The minimum atomic E-state index is -3.04. The molecule has 0 aromatic carbocycles. The van der Waals surface area contributed by atoms with Gasteiger partial charge in [-0.3, -0.25) is 0 Å². The quantitative estimate of drug-likeness (QED) is 0.674. The zero-order valence-electron chi connectivity index (χ0n) is 8.22. The lowest BCUT2D eigenvalue weighted by Crippen LogP contribution is -2.28. The average molecular weight is 228 g/mol. The molecule has 0 heterocycles. The molecule has 1 unspecified atom stereocenters. The summed E-state index contributed by atoms with van der Waals surface area (Å²) in [5.74, 6) is 0.200. The molecule has 0 aliphatic heterocycles. The minimum absolute atomic E-state index is 0.0735. The van der Waals surface area contributed by atoms with Gasteiger partial charge in [-0.2, -0.15) is 0 Å². The van der Waals surface area contributed by atoms with Crippen LogP contribution in [0.3, 0.4) is 0 Å². The molecule has 3 nitrogen and oxygen atoms in total. The molecule has 0 aliphatic rings. The number of nitrogens with one attached hydrogen (secondary N) is 1. The second-order valence-electron chi connectivity index (χ2n) is 3.01. The molecule has 1 atom stereocenters. The highest BCUT2D eigenvalue weighted by Gasteiger charge is 2.08. The van der Waals surface area contributed by atoms with Crippen LogP contribution in [0.2, 0.25) is 0 Å². The van der Waals surface area contributed by atoms with Crippen LogP contribution < -0.4 is 4.72 Å². The summed E-state index contributed by atoms with van der Waals surface area (Å²) >= 11 is 5.84. The van der Waals surface area contributed by atoms with Crippen LogP contribution >= 0.6 is 11.6 Å². The van der Waals surface area contributed by atoms with Crippen LogP contribution in [0.25, 0.3) is 0 Å². The molecule has 13 heavy (non-hydrogen) atoms. The lowest BCUT2D eigenvalue weighted by atomic mass is 10.2. The van der Waals surface area contributed by atoms with Gasteiger partial charge in [0.05, 0.1) is 5.75 Å². The Morgan fingerprint density at radius 1 is 1.38 bits per heavy atom. The van der Waals surface area contributed by atoms with Crippen LogP contribution in [-0.4, -0.2) is 26.1 Å². The molecule has 0 bridgehead atoms. The third kappa shape index (κ3) is 7.28. The molecule has 0 saturated heterocycles. The molecule has 0 radical (unpaired) electrons. The van der Waals surface area contributed by atoms with E-state index in [1.807, 2.05) is 13.8 Å². The Hall–Kier alpha value is 0.200. The van der Waals surface area contributed by atoms with Crippen LogP contribution in [0.15, 0.2) is 0 Å². The van der Waals surface area contributed by atoms with Crippen molar-refractivity contribution in [3.05, 3.63) is 0 Å². The van der Waals surface area contributed by atoms with Gasteiger partial charge in [0.15, 0.2) is 0 Å². The van der Waals surface area contributed by atoms with Crippen LogP contribution in [0.4, 0.5) is 0 Å². The van der Waals surface area contributed by atoms with Crippen LogP contribution in [0.5, 0.6) is 0 Å². The van der Waals surface area contributed by atoms with Crippen molar-refractivity contribution in [1.82, 2.24) is 4.72 Å². The number of alkyl halides is 1. The summed E-state index contributed by atoms with van der Waals surface area (Å²) < 4.78 is 24.8. The Bertz CT molecular complexity index is 216.